The van der Waals surface area contributed by atoms with E-state index in [0.29, 0.717) is 29.2 Å². The lowest BCUT2D eigenvalue weighted by Gasteiger charge is -2.17. The normalized spacial score (nSPS) is 13.8. The third kappa shape index (κ3) is 3.59. The van der Waals surface area contributed by atoms with Crippen molar-refractivity contribution >= 4 is 34.8 Å². The lowest BCUT2D eigenvalue weighted by molar-refractivity contribution is -0.117. The predicted octanol–water partition coefficient (Wildman–Crippen LogP) is 4.51. The number of hydrogen-bond donors (Lipinski definition) is 1. The Hall–Kier alpha value is -3.05. The summed E-state index contributed by atoms with van der Waals surface area (Å²) in [5.74, 6) is -0.139. The van der Waals surface area contributed by atoms with Crippen LogP contribution in [-0.4, -0.2) is 22.9 Å². The minimum atomic E-state index is -0.237. The number of amides is 2. The van der Waals surface area contributed by atoms with Gasteiger partial charge in [0.1, 0.15) is 0 Å². The van der Waals surface area contributed by atoms with Crippen molar-refractivity contribution in [3.63, 3.8) is 0 Å². The van der Waals surface area contributed by atoms with E-state index in [0.717, 1.165) is 17.8 Å². The van der Waals surface area contributed by atoms with Gasteiger partial charge in [0, 0.05) is 41.6 Å². The van der Waals surface area contributed by atoms with Gasteiger partial charge < -0.3 is 14.8 Å². The highest BCUT2D eigenvalue weighted by atomic mass is 35.5. The van der Waals surface area contributed by atoms with Crippen molar-refractivity contribution in [2.45, 2.75) is 12.8 Å². The molecule has 1 aliphatic rings. The van der Waals surface area contributed by atoms with Crippen molar-refractivity contribution in [2.24, 2.45) is 0 Å². The average molecular weight is 380 g/mol. The summed E-state index contributed by atoms with van der Waals surface area (Å²) in [5, 5.41) is 3.54. The predicted molar refractivity (Wildman–Crippen MR) is 107 cm³/mol. The van der Waals surface area contributed by atoms with Gasteiger partial charge in [-0.1, -0.05) is 17.7 Å². The molecule has 0 aliphatic carbocycles. The summed E-state index contributed by atoms with van der Waals surface area (Å²) < 4.78 is 1.89. The molecule has 0 saturated carbocycles. The average Bonchev–Trinajstić information content (AvgIpc) is 3.35. The zero-order valence-electron chi connectivity index (χ0n) is 14.6. The summed E-state index contributed by atoms with van der Waals surface area (Å²) in [4.78, 5) is 26.5. The Morgan fingerprint density at radius 3 is 2.59 bits per heavy atom. The molecule has 5 nitrogen and oxygen atoms in total. The summed E-state index contributed by atoms with van der Waals surface area (Å²) >= 11 is 6.13. The molecule has 0 bridgehead atoms. The van der Waals surface area contributed by atoms with Crippen LogP contribution in [0.2, 0.25) is 5.02 Å². The molecule has 27 heavy (non-hydrogen) atoms. The Kier molecular flexibility index (Phi) is 4.69. The van der Waals surface area contributed by atoms with Crippen LogP contribution >= 0.6 is 11.6 Å². The quantitative estimate of drug-likeness (QED) is 0.725. The zero-order valence-corrected chi connectivity index (χ0v) is 15.3. The van der Waals surface area contributed by atoms with Crippen LogP contribution in [0.1, 0.15) is 23.2 Å². The first-order valence-corrected chi connectivity index (χ1v) is 9.14. The molecule has 1 fully saturated rings. The SMILES string of the molecule is O=C(Nc1ccc(Cl)cc1-n1cccc1)c1cccc(N2CCCC2=O)c1. The second-order valence-corrected chi connectivity index (χ2v) is 6.84. The molecule has 0 unspecified atom stereocenters. The van der Waals surface area contributed by atoms with E-state index in [9.17, 15) is 9.59 Å². The molecule has 4 rings (SSSR count). The van der Waals surface area contributed by atoms with Gasteiger partial charge in [-0.25, -0.2) is 0 Å². The zero-order chi connectivity index (χ0) is 18.8. The highest BCUT2D eigenvalue weighted by Crippen LogP contribution is 2.26. The third-order valence-electron chi connectivity index (χ3n) is 4.58. The fourth-order valence-electron chi connectivity index (χ4n) is 3.25. The summed E-state index contributed by atoms with van der Waals surface area (Å²) in [6, 6.07) is 16.3. The van der Waals surface area contributed by atoms with E-state index in [1.807, 2.05) is 35.2 Å². The van der Waals surface area contributed by atoms with Crippen LogP contribution in [0.3, 0.4) is 0 Å². The van der Waals surface area contributed by atoms with E-state index in [2.05, 4.69) is 5.32 Å². The fraction of sp³-hybridized carbons (Fsp3) is 0.143. The first-order valence-electron chi connectivity index (χ1n) is 8.76. The van der Waals surface area contributed by atoms with Gasteiger partial charge in [0.05, 0.1) is 11.4 Å². The van der Waals surface area contributed by atoms with Crippen molar-refractivity contribution in [1.29, 1.82) is 0 Å². The van der Waals surface area contributed by atoms with Crippen LogP contribution in [0.4, 0.5) is 11.4 Å². The molecule has 1 N–H and O–H groups in total. The minimum Gasteiger partial charge on any atom is -0.322 e. The second-order valence-electron chi connectivity index (χ2n) is 6.41. The Labute approximate surface area is 162 Å². The highest BCUT2D eigenvalue weighted by Gasteiger charge is 2.22. The number of rotatable bonds is 4. The molecule has 0 atom stereocenters. The molecular weight excluding hydrogens is 362 g/mol. The molecule has 1 aliphatic heterocycles. The van der Waals surface area contributed by atoms with Crippen molar-refractivity contribution < 1.29 is 9.59 Å². The van der Waals surface area contributed by atoms with Crippen LogP contribution < -0.4 is 10.2 Å². The molecule has 6 heteroatoms. The number of aromatic nitrogens is 1. The van der Waals surface area contributed by atoms with E-state index in [4.69, 9.17) is 11.6 Å². The molecule has 1 saturated heterocycles. The summed E-state index contributed by atoms with van der Waals surface area (Å²) in [7, 11) is 0. The Bertz CT molecular complexity index is 998. The first-order chi connectivity index (χ1) is 13.1. The van der Waals surface area contributed by atoms with Gasteiger partial charge in [0.25, 0.3) is 5.91 Å². The molecule has 2 aromatic carbocycles. The molecule has 136 valence electrons. The van der Waals surface area contributed by atoms with E-state index in [1.54, 1.807) is 41.3 Å². The summed E-state index contributed by atoms with van der Waals surface area (Å²) in [5.41, 5.74) is 2.70. The fourth-order valence-corrected chi connectivity index (χ4v) is 3.42. The van der Waals surface area contributed by atoms with E-state index in [1.165, 1.54) is 0 Å². The molecule has 2 heterocycles. The van der Waals surface area contributed by atoms with E-state index < -0.39 is 0 Å². The van der Waals surface area contributed by atoms with Gasteiger partial charge in [0.2, 0.25) is 5.91 Å². The number of carbonyl (C=O) groups is 2. The van der Waals surface area contributed by atoms with Crippen molar-refractivity contribution in [2.75, 3.05) is 16.8 Å². The maximum Gasteiger partial charge on any atom is 0.255 e. The third-order valence-corrected chi connectivity index (χ3v) is 4.82. The van der Waals surface area contributed by atoms with Gasteiger partial charge in [0.15, 0.2) is 0 Å². The van der Waals surface area contributed by atoms with Gasteiger partial charge in [-0.15, -0.1) is 0 Å². The maximum absolute atomic E-state index is 12.8. The van der Waals surface area contributed by atoms with Crippen molar-refractivity contribution in [3.05, 3.63) is 77.6 Å². The summed E-state index contributed by atoms with van der Waals surface area (Å²) in [6.07, 6.45) is 5.18. The standard InChI is InChI=1S/C21H18ClN3O2/c22-16-8-9-18(19(14-16)24-10-1-2-11-24)23-21(27)15-5-3-6-17(13-15)25-12-4-7-20(25)26/h1-3,5-6,8-11,13-14H,4,7,12H2,(H,23,27). The van der Waals surface area contributed by atoms with Crippen molar-refractivity contribution in [3.8, 4) is 5.69 Å². The monoisotopic (exact) mass is 379 g/mol. The Morgan fingerprint density at radius 2 is 1.85 bits per heavy atom. The lowest BCUT2D eigenvalue weighted by atomic mass is 10.1. The lowest BCUT2D eigenvalue weighted by Crippen LogP contribution is -2.24. The smallest absolute Gasteiger partial charge is 0.255 e. The first kappa shape index (κ1) is 17.4. The number of nitrogens with one attached hydrogen (secondary N) is 1. The number of carbonyl (C=O) groups excluding carboxylic acids is 2. The van der Waals surface area contributed by atoms with E-state index in [-0.39, 0.29) is 11.8 Å². The molecule has 0 spiro atoms. The van der Waals surface area contributed by atoms with E-state index >= 15 is 0 Å². The molecule has 3 aromatic rings. The number of halogens is 1. The van der Waals surface area contributed by atoms with Gasteiger partial charge in [-0.05, 0) is 55.0 Å². The number of anilines is 2. The maximum atomic E-state index is 12.8. The molecule has 0 radical (unpaired) electrons. The number of hydrogen-bond acceptors (Lipinski definition) is 2. The Morgan fingerprint density at radius 1 is 1.04 bits per heavy atom. The molecule has 1 aromatic heterocycles. The van der Waals surface area contributed by atoms with Gasteiger partial charge in [-0.2, -0.15) is 0 Å². The highest BCUT2D eigenvalue weighted by molar-refractivity contribution is 6.31. The summed E-state index contributed by atoms with van der Waals surface area (Å²) in [6.45, 7) is 0.693. The van der Waals surface area contributed by atoms with Crippen LogP contribution in [0, 0.1) is 0 Å². The van der Waals surface area contributed by atoms with Crippen molar-refractivity contribution in [1.82, 2.24) is 4.57 Å². The van der Waals surface area contributed by atoms with Crippen LogP contribution in [0.25, 0.3) is 5.69 Å². The van der Waals surface area contributed by atoms with Gasteiger partial charge >= 0.3 is 0 Å². The minimum absolute atomic E-state index is 0.0974. The van der Waals surface area contributed by atoms with Crippen LogP contribution in [0.15, 0.2) is 67.0 Å². The largest absolute Gasteiger partial charge is 0.322 e. The Balaban J connectivity index is 1.61. The van der Waals surface area contributed by atoms with Gasteiger partial charge in [-0.3, -0.25) is 9.59 Å². The van der Waals surface area contributed by atoms with Crippen LogP contribution in [-0.2, 0) is 4.79 Å². The topological polar surface area (TPSA) is 54.3 Å². The van der Waals surface area contributed by atoms with Crippen LogP contribution in [0.5, 0.6) is 0 Å². The second kappa shape index (κ2) is 7.29. The number of nitrogens with zero attached hydrogens (tertiary/aromatic N) is 2. The molecule has 2 amide bonds. The number of benzene rings is 2. The molecular formula is C21H18ClN3O2.